The maximum Gasteiger partial charge on any atom is 0.209 e. The van der Waals surface area contributed by atoms with Gasteiger partial charge < -0.3 is 14.8 Å². The van der Waals surface area contributed by atoms with Crippen molar-refractivity contribution in [3.63, 3.8) is 0 Å². The van der Waals surface area contributed by atoms with Gasteiger partial charge in [0.1, 0.15) is 5.75 Å². The number of piperidine rings is 1. The van der Waals surface area contributed by atoms with Crippen molar-refractivity contribution in [1.82, 2.24) is 10.0 Å². The third-order valence-electron chi connectivity index (χ3n) is 6.07. The summed E-state index contributed by atoms with van der Waals surface area (Å²) in [5.41, 5.74) is 1.30. The number of hydrogen-bond acceptors (Lipinski definition) is 5. The lowest BCUT2D eigenvalue weighted by atomic mass is 9.82. The molecule has 2 fully saturated rings. The van der Waals surface area contributed by atoms with Gasteiger partial charge in [-0.15, -0.1) is 6.58 Å². The molecule has 168 valence electrons. The van der Waals surface area contributed by atoms with Gasteiger partial charge in [-0.1, -0.05) is 24.3 Å². The van der Waals surface area contributed by atoms with Crippen molar-refractivity contribution < 1.29 is 17.9 Å². The number of sulfonamides is 1. The summed E-state index contributed by atoms with van der Waals surface area (Å²) in [5.74, 6) is 1.49. The molecule has 6 nitrogen and oxygen atoms in total. The quantitative estimate of drug-likeness (QED) is 0.434. The Labute approximate surface area is 181 Å². The van der Waals surface area contributed by atoms with Crippen LogP contribution in [0.15, 0.2) is 36.9 Å². The number of hydrogen-bond donors (Lipinski definition) is 2. The monoisotopic (exact) mass is 436 g/mol. The van der Waals surface area contributed by atoms with Crippen LogP contribution in [0.4, 0.5) is 0 Å². The zero-order valence-electron chi connectivity index (χ0n) is 18.0. The Morgan fingerprint density at radius 1 is 1.20 bits per heavy atom. The normalized spacial score (nSPS) is 27.5. The van der Waals surface area contributed by atoms with E-state index in [4.69, 9.17) is 9.47 Å². The first kappa shape index (κ1) is 23.3. The molecular weight excluding hydrogens is 400 g/mol. The summed E-state index contributed by atoms with van der Waals surface area (Å²) in [6.07, 6.45) is 10.2. The highest BCUT2D eigenvalue weighted by atomic mass is 32.2. The first-order chi connectivity index (χ1) is 14.5. The summed E-state index contributed by atoms with van der Waals surface area (Å²) in [7, 11) is -3.21. The standard InChI is InChI=1S/C23H36N2O4S/c1-3-4-16-28-23-10-6-5-8-20(23)18-11-13-19(14-12-18)29-17-22-21(9-7-15-24-22)25-30(2,26)27/h3,5-6,8,10,18-19,21-22,24-25H,1,4,7,9,11-17H2,2H3/t18?,19?,21?,22-/m0/s1. The van der Waals surface area contributed by atoms with Crippen LogP contribution in [0.2, 0.25) is 0 Å². The molecule has 0 bridgehead atoms. The predicted octanol–water partition coefficient (Wildman–Crippen LogP) is 3.35. The third kappa shape index (κ3) is 7.08. The Morgan fingerprint density at radius 2 is 1.97 bits per heavy atom. The van der Waals surface area contributed by atoms with E-state index in [0.717, 1.165) is 57.2 Å². The van der Waals surface area contributed by atoms with E-state index in [1.54, 1.807) is 0 Å². The highest BCUT2D eigenvalue weighted by Crippen LogP contribution is 2.38. The van der Waals surface area contributed by atoms with Crippen LogP contribution in [0.5, 0.6) is 5.75 Å². The Balaban J connectivity index is 1.48. The number of benzene rings is 1. The van der Waals surface area contributed by atoms with Gasteiger partial charge in [0.05, 0.1) is 25.6 Å². The Kier molecular flexibility index (Phi) is 8.74. The minimum Gasteiger partial charge on any atom is -0.493 e. The fourth-order valence-corrected chi connectivity index (χ4v) is 5.36. The SMILES string of the molecule is C=CCCOc1ccccc1C1CCC(OC[C@@H]2NCCCC2NS(C)(=O)=O)CC1. The highest BCUT2D eigenvalue weighted by molar-refractivity contribution is 7.88. The van der Waals surface area contributed by atoms with Crippen LogP contribution in [0.1, 0.15) is 56.4 Å². The van der Waals surface area contributed by atoms with Crippen molar-refractivity contribution in [2.45, 2.75) is 69.1 Å². The van der Waals surface area contributed by atoms with Crippen LogP contribution in [-0.4, -0.2) is 52.6 Å². The molecule has 1 saturated carbocycles. The van der Waals surface area contributed by atoms with Crippen molar-refractivity contribution in [2.75, 3.05) is 26.0 Å². The van der Waals surface area contributed by atoms with E-state index in [2.05, 4.69) is 34.8 Å². The highest BCUT2D eigenvalue weighted by Gasteiger charge is 2.30. The van der Waals surface area contributed by atoms with Gasteiger partial charge in [-0.3, -0.25) is 0 Å². The van der Waals surface area contributed by atoms with E-state index in [-0.39, 0.29) is 18.2 Å². The predicted molar refractivity (Wildman–Crippen MR) is 120 cm³/mol. The smallest absolute Gasteiger partial charge is 0.209 e. The zero-order valence-corrected chi connectivity index (χ0v) is 18.8. The molecule has 1 aliphatic heterocycles. The van der Waals surface area contributed by atoms with Crippen LogP contribution in [0.3, 0.4) is 0 Å². The van der Waals surface area contributed by atoms with Gasteiger partial charge in [0.25, 0.3) is 0 Å². The van der Waals surface area contributed by atoms with Crippen molar-refractivity contribution >= 4 is 10.0 Å². The minimum atomic E-state index is -3.21. The van der Waals surface area contributed by atoms with E-state index >= 15 is 0 Å². The molecule has 30 heavy (non-hydrogen) atoms. The first-order valence-corrected chi connectivity index (χ1v) is 13.0. The molecule has 0 spiro atoms. The third-order valence-corrected chi connectivity index (χ3v) is 6.80. The molecule has 3 rings (SSSR count). The summed E-state index contributed by atoms with van der Waals surface area (Å²) in [4.78, 5) is 0. The maximum atomic E-state index is 11.6. The summed E-state index contributed by atoms with van der Waals surface area (Å²) < 4.78 is 38.2. The molecule has 0 radical (unpaired) electrons. The van der Waals surface area contributed by atoms with E-state index in [9.17, 15) is 8.42 Å². The largest absolute Gasteiger partial charge is 0.493 e. The molecule has 1 aliphatic carbocycles. The Morgan fingerprint density at radius 3 is 2.70 bits per heavy atom. The number of para-hydroxylation sites is 1. The molecule has 1 saturated heterocycles. The Hall–Kier alpha value is -1.41. The van der Waals surface area contributed by atoms with Crippen molar-refractivity contribution in [1.29, 1.82) is 0 Å². The van der Waals surface area contributed by atoms with Crippen molar-refractivity contribution in [3.05, 3.63) is 42.5 Å². The summed E-state index contributed by atoms with van der Waals surface area (Å²) >= 11 is 0. The molecule has 1 unspecified atom stereocenters. The molecule has 0 amide bonds. The van der Waals surface area contributed by atoms with Gasteiger partial charge in [0.15, 0.2) is 0 Å². The number of ether oxygens (including phenoxy) is 2. The first-order valence-electron chi connectivity index (χ1n) is 11.1. The van der Waals surface area contributed by atoms with Crippen molar-refractivity contribution in [3.8, 4) is 5.75 Å². The fourth-order valence-electron chi connectivity index (χ4n) is 4.53. The molecular formula is C23H36N2O4S. The van der Waals surface area contributed by atoms with Gasteiger partial charge >= 0.3 is 0 Å². The second-order valence-corrected chi connectivity index (χ2v) is 10.2. The van der Waals surface area contributed by atoms with E-state index in [0.29, 0.717) is 19.1 Å². The molecule has 1 aromatic rings. The van der Waals surface area contributed by atoms with E-state index < -0.39 is 10.0 Å². The topological polar surface area (TPSA) is 76.7 Å². The minimum absolute atomic E-state index is 0.0326. The molecule has 1 aromatic carbocycles. The summed E-state index contributed by atoms with van der Waals surface area (Å²) in [5, 5.41) is 3.42. The lowest BCUT2D eigenvalue weighted by molar-refractivity contribution is 0.00510. The summed E-state index contributed by atoms with van der Waals surface area (Å²) in [6, 6.07) is 8.30. The molecule has 1 heterocycles. The maximum absolute atomic E-state index is 11.6. The van der Waals surface area contributed by atoms with Gasteiger partial charge in [-0.2, -0.15) is 0 Å². The van der Waals surface area contributed by atoms with Crippen LogP contribution < -0.4 is 14.8 Å². The van der Waals surface area contributed by atoms with Crippen LogP contribution in [0, 0.1) is 0 Å². The molecule has 2 atom stereocenters. The zero-order chi connectivity index (χ0) is 21.4. The van der Waals surface area contributed by atoms with Gasteiger partial charge in [-0.25, -0.2) is 13.1 Å². The van der Waals surface area contributed by atoms with Gasteiger partial charge in [-0.05, 0) is 69.0 Å². The van der Waals surface area contributed by atoms with Crippen molar-refractivity contribution in [2.24, 2.45) is 0 Å². The number of nitrogens with one attached hydrogen (secondary N) is 2. The van der Waals surface area contributed by atoms with Crippen LogP contribution in [-0.2, 0) is 14.8 Å². The molecule has 2 aliphatic rings. The van der Waals surface area contributed by atoms with Crippen LogP contribution in [0.25, 0.3) is 0 Å². The second kappa shape index (κ2) is 11.3. The lowest BCUT2D eigenvalue weighted by Crippen LogP contribution is -2.55. The average Bonchev–Trinajstić information content (AvgIpc) is 2.73. The number of rotatable bonds is 10. The van der Waals surface area contributed by atoms with Crippen LogP contribution >= 0.6 is 0 Å². The average molecular weight is 437 g/mol. The van der Waals surface area contributed by atoms with Gasteiger partial charge in [0.2, 0.25) is 10.0 Å². The fraction of sp³-hybridized carbons (Fsp3) is 0.652. The van der Waals surface area contributed by atoms with Gasteiger partial charge in [0, 0.05) is 12.1 Å². The molecule has 2 N–H and O–H groups in total. The molecule has 7 heteroatoms. The lowest BCUT2D eigenvalue weighted by Gasteiger charge is -2.35. The second-order valence-electron chi connectivity index (χ2n) is 8.47. The summed E-state index contributed by atoms with van der Waals surface area (Å²) in [6.45, 7) is 5.87. The molecule has 0 aromatic heterocycles. The van der Waals surface area contributed by atoms with E-state index in [1.807, 2.05) is 12.1 Å². The Bertz CT molecular complexity index is 775. The van der Waals surface area contributed by atoms with E-state index in [1.165, 1.54) is 11.8 Å².